The monoisotopic (exact) mass is 545 g/mol. The first kappa shape index (κ1) is 34.5. The number of alkyl carbamates (subject to hydrolysis) is 1. The molecule has 7 heteroatoms. The summed E-state index contributed by atoms with van der Waals surface area (Å²) >= 11 is 0. The molecule has 3 amide bonds. The van der Waals surface area contributed by atoms with Gasteiger partial charge in [0.1, 0.15) is 17.7 Å². The van der Waals surface area contributed by atoms with Crippen LogP contribution in [0.2, 0.25) is 0 Å². The highest BCUT2D eigenvalue weighted by Gasteiger charge is 2.40. The molecular weight excluding hydrogens is 490 g/mol. The van der Waals surface area contributed by atoms with Crippen molar-refractivity contribution in [1.82, 2.24) is 15.5 Å². The predicted octanol–water partition coefficient (Wildman–Crippen LogP) is 6.94. The topological polar surface area (TPSA) is 87.7 Å². The fourth-order valence-electron chi connectivity index (χ4n) is 4.59. The summed E-state index contributed by atoms with van der Waals surface area (Å²) in [7, 11) is 0. The smallest absolute Gasteiger partial charge is 0.408 e. The fraction of sp³-hybridized carbons (Fsp3) is 0.719. The molecule has 0 aliphatic carbocycles. The summed E-state index contributed by atoms with van der Waals surface area (Å²) in [6.07, 6.45) is 4.67. The van der Waals surface area contributed by atoms with E-state index in [4.69, 9.17) is 4.74 Å². The van der Waals surface area contributed by atoms with Gasteiger partial charge in [0.25, 0.3) is 0 Å². The van der Waals surface area contributed by atoms with Gasteiger partial charge in [-0.3, -0.25) is 9.59 Å². The molecule has 0 saturated carbocycles. The lowest BCUT2D eigenvalue weighted by atomic mass is 9.92. The minimum absolute atomic E-state index is 0.157. The number of carbonyl (C=O) groups is 3. The molecule has 222 valence electrons. The van der Waals surface area contributed by atoms with E-state index >= 15 is 0 Å². The second-order valence-corrected chi connectivity index (χ2v) is 12.3. The van der Waals surface area contributed by atoms with E-state index < -0.39 is 23.8 Å². The third-order valence-electron chi connectivity index (χ3n) is 7.13. The van der Waals surface area contributed by atoms with Gasteiger partial charge in [-0.2, -0.15) is 0 Å². The number of unbranched alkanes of at least 4 members (excludes halogenated alkanes) is 2. The number of carbonyl (C=O) groups excluding carboxylic acids is 3. The second kappa shape index (κ2) is 16.5. The van der Waals surface area contributed by atoms with E-state index in [1.54, 1.807) is 25.7 Å². The van der Waals surface area contributed by atoms with Gasteiger partial charge in [-0.1, -0.05) is 78.1 Å². The Bertz CT molecular complexity index is 909. The molecule has 4 unspecified atom stereocenters. The summed E-state index contributed by atoms with van der Waals surface area (Å²) in [4.78, 5) is 43.0. The summed E-state index contributed by atoms with van der Waals surface area (Å²) in [5, 5.41) is 5.97. The van der Waals surface area contributed by atoms with Gasteiger partial charge in [-0.05, 0) is 76.8 Å². The van der Waals surface area contributed by atoms with Crippen molar-refractivity contribution >= 4 is 17.9 Å². The maximum Gasteiger partial charge on any atom is 0.408 e. The zero-order chi connectivity index (χ0) is 29.8. The summed E-state index contributed by atoms with van der Waals surface area (Å²) in [6, 6.07) is 5.89. The van der Waals surface area contributed by atoms with Crippen LogP contribution in [0.1, 0.15) is 118 Å². The maximum absolute atomic E-state index is 14.5. The predicted molar refractivity (Wildman–Crippen MR) is 159 cm³/mol. The zero-order valence-corrected chi connectivity index (χ0v) is 26.2. The van der Waals surface area contributed by atoms with Gasteiger partial charge in [0, 0.05) is 12.6 Å². The van der Waals surface area contributed by atoms with Crippen LogP contribution in [0.5, 0.6) is 0 Å². The molecule has 1 aromatic rings. The maximum atomic E-state index is 14.5. The van der Waals surface area contributed by atoms with Gasteiger partial charge in [0.2, 0.25) is 11.8 Å². The number of hydrogen-bond donors (Lipinski definition) is 2. The number of rotatable bonds is 15. The summed E-state index contributed by atoms with van der Waals surface area (Å²) < 4.78 is 5.52. The molecule has 1 aromatic carbocycles. The van der Waals surface area contributed by atoms with Crippen LogP contribution in [0.3, 0.4) is 0 Å². The van der Waals surface area contributed by atoms with Crippen molar-refractivity contribution in [2.24, 2.45) is 11.8 Å². The van der Waals surface area contributed by atoms with Crippen molar-refractivity contribution in [3.8, 4) is 0 Å². The molecule has 0 spiro atoms. The molecule has 1 rings (SSSR count). The van der Waals surface area contributed by atoms with Gasteiger partial charge in [0.05, 0.1) is 0 Å². The lowest BCUT2D eigenvalue weighted by Gasteiger charge is -2.40. The van der Waals surface area contributed by atoms with Crippen molar-refractivity contribution in [3.63, 3.8) is 0 Å². The molecule has 4 atom stereocenters. The van der Waals surface area contributed by atoms with Gasteiger partial charge in [-0.25, -0.2) is 4.79 Å². The van der Waals surface area contributed by atoms with E-state index in [-0.39, 0.29) is 23.8 Å². The van der Waals surface area contributed by atoms with Crippen LogP contribution >= 0.6 is 0 Å². The second-order valence-electron chi connectivity index (χ2n) is 12.3. The third kappa shape index (κ3) is 11.6. The number of nitrogens with zero attached hydrogens (tertiary/aromatic N) is 1. The number of ether oxygens (including phenoxy) is 1. The molecule has 0 aliphatic heterocycles. The van der Waals surface area contributed by atoms with Gasteiger partial charge >= 0.3 is 6.09 Å². The zero-order valence-electron chi connectivity index (χ0n) is 26.2. The lowest BCUT2D eigenvalue weighted by molar-refractivity contribution is -0.146. The van der Waals surface area contributed by atoms with E-state index in [0.717, 1.165) is 43.2 Å². The highest BCUT2D eigenvalue weighted by atomic mass is 16.6. The van der Waals surface area contributed by atoms with Crippen molar-refractivity contribution in [1.29, 1.82) is 0 Å². The Morgan fingerprint density at radius 2 is 1.62 bits per heavy atom. The first-order valence-corrected chi connectivity index (χ1v) is 14.9. The molecule has 0 aliphatic rings. The Hall–Kier alpha value is -2.57. The molecular formula is C32H55N3O4. The Kier molecular flexibility index (Phi) is 14.6. The molecule has 0 fully saturated rings. The van der Waals surface area contributed by atoms with E-state index in [2.05, 4.69) is 31.4 Å². The summed E-state index contributed by atoms with van der Waals surface area (Å²) in [5.41, 5.74) is 1.05. The van der Waals surface area contributed by atoms with Crippen molar-refractivity contribution in [2.45, 2.75) is 131 Å². The van der Waals surface area contributed by atoms with Gasteiger partial charge in [-0.15, -0.1) is 0 Å². The Morgan fingerprint density at radius 1 is 0.974 bits per heavy atom. The number of nitrogens with one attached hydrogen (secondary N) is 2. The fourth-order valence-corrected chi connectivity index (χ4v) is 4.59. The van der Waals surface area contributed by atoms with Gasteiger partial charge < -0.3 is 20.3 Å². The van der Waals surface area contributed by atoms with Crippen molar-refractivity contribution < 1.29 is 19.1 Å². The van der Waals surface area contributed by atoms with Crippen molar-refractivity contribution in [2.75, 3.05) is 6.54 Å². The first-order valence-electron chi connectivity index (χ1n) is 14.9. The summed E-state index contributed by atoms with van der Waals surface area (Å²) in [5.74, 6) is -0.155. The van der Waals surface area contributed by atoms with E-state index in [9.17, 15) is 14.4 Å². The Morgan fingerprint density at radius 3 is 2.15 bits per heavy atom. The lowest BCUT2D eigenvalue weighted by Crippen LogP contribution is -2.57. The van der Waals surface area contributed by atoms with Gasteiger partial charge in [0.15, 0.2) is 0 Å². The number of hydrogen-bond acceptors (Lipinski definition) is 4. The SMILES string of the molecule is CCCCCNC(=O)C(c1ccccc1C)N(C(=O)C(NC(=O)OC(C)(C)C)C(C)CC)C(C)CCC(C)C. The minimum atomic E-state index is -0.828. The molecule has 39 heavy (non-hydrogen) atoms. The highest BCUT2D eigenvalue weighted by molar-refractivity contribution is 5.92. The first-order chi connectivity index (χ1) is 18.2. The van der Waals surface area contributed by atoms with Crippen LogP contribution in [-0.2, 0) is 14.3 Å². The highest BCUT2D eigenvalue weighted by Crippen LogP contribution is 2.30. The quantitative estimate of drug-likeness (QED) is 0.234. The molecule has 0 aromatic heterocycles. The average molecular weight is 546 g/mol. The molecule has 2 N–H and O–H groups in total. The van der Waals surface area contributed by atoms with Crippen LogP contribution in [0.4, 0.5) is 4.79 Å². The number of benzene rings is 1. The van der Waals surface area contributed by atoms with Crippen molar-refractivity contribution in [3.05, 3.63) is 35.4 Å². The van der Waals surface area contributed by atoms with Crippen LogP contribution in [0.15, 0.2) is 24.3 Å². The standard InChI is InChI=1S/C32H55N3O4/c1-11-13-16-21-33-29(36)28(26-18-15-14-17-24(26)6)35(25(7)20-19-22(3)4)30(37)27(23(5)12-2)34-31(38)39-32(8,9)10/h14-15,17-18,22-23,25,27-28H,11-13,16,19-21H2,1-10H3,(H,33,36)(H,34,38). The summed E-state index contributed by atoms with van der Waals surface area (Å²) in [6.45, 7) is 20.3. The number of aryl methyl sites for hydroxylation is 1. The Balaban J connectivity index is 3.61. The molecule has 0 saturated heterocycles. The normalized spacial score (nSPS) is 14.7. The van der Waals surface area contributed by atoms with E-state index in [1.165, 1.54) is 0 Å². The Labute approximate surface area is 237 Å². The van der Waals surface area contributed by atoms with Crippen LogP contribution in [0.25, 0.3) is 0 Å². The van der Waals surface area contributed by atoms with Crippen LogP contribution in [0, 0.1) is 18.8 Å². The largest absolute Gasteiger partial charge is 0.444 e. The van der Waals surface area contributed by atoms with Crippen LogP contribution in [-0.4, -0.2) is 47.0 Å². The van der Waals surface area contributed by atoms with Crippen LogP contribution < -0.4 is 10.6 Å². The minimum Gasteiger partial charge on any atom is -0.444 e. The molecule has 0 heterocycles. The average Bonchev–Trinajstić information content (AvgIpc) is 2.85. The third-order valence-corrected chi connectivity index (χ3v) is 7.13. The molecule has 7 nitrogen and oxygen atoms in total. The molecule has 0 bridgehead atoms. The van der Waals surface area contributed by atoms with E-state index in [1.807, 2.05) is 52.0 Å². The van der Waals surface area contributed by atoms with E-state index in [0.29, 0.717) is 18.9 Å². The number of amides is 3. The molecule has 0 radical (unpaired) electrons.